The van der Waals surface area contributed by atoms with Crippen LogP contribution in [0.4, 0.5) is 5.69 Å². The first kappa shape index (κ1) is 13.3. The number of aliphatic hydroxyl groups is 1. The summed E-state index contributed by atoms with van der Waals surface area (Å²) >= 11 is 0. The number of ketones is 1. The summed E-state index contributed by atoms with van der Waals surface area (Å²) in [6, 6.07) is 16.2. The van der Waals surface area contributed by atoms with E-state index in [1.54, 1.807) is 36.4 Å². The van der Waals surface area contributed by atoms with Crippen LogP contribution in [-0.2, 0) is 0 Å². The largest absolute Gasteiger partial charge is 0.380 e. The van der Waals surface area contributed by atoms with Gasteiger partial charge in [0.05, 0.1) is 0 Å². The Hall–Kier alpha value is -2.13. The molecule has 0 heterocycles. The molecule has 0 aromatic heterocycles. The molecule has 0 radical (unpaired) electrons. The van der Waals surface area contributed by atoms with Gasteiger partial charge in [-0.15, -0.1) is 0 Å². The van der Waals surface area contributed by atoms with Crippen molar-refractivity contribution < 1.29 is 9.90 Å². The van der Waals surface area contributed by atoms with Gasteiger partial charge in [-0.05, 0) is 17.7 Å². The SMILES string of the molecule is CN(C)c1ccc(C(O)C(=O)c2ccccc2)cc1. The molecular formula is C16H17NO2. The van der Waals surface area contributed by atoms with Crippen molar-refractivity contribution >= 4 is 11.5 Å². The minimum absolute atomic E-state index is 0.279. The Balaban J connectivity index is 2.20. The molecule has 1 unspecified atom stereocenters. The standard InChI is InChI=1S/C16H17NO2/c1-17(2)14-10-8-13(9-11-14)16(19)15(18)12-6-4-3-5-7-12/h3-11,16,19H,1-2H3. The molecule has 0 spiro atoms. The molecule has 0 aliphatic carbocycles. The molecule has 0 saturated carbocycles. The van der Waals surface area contributed by atoms with Crippen LogP contribution in [0.5, 0.6) is 0 Å². The molecule has 98 valence electrons. The molecular weight excluding hydrogens is 238 g/mol. The lowest BCUT2D eigenvalue weighted by molar-refractivity contribution is 0.0747. The van der Waals surface area contributed by atoms with Crippen LogP contribution in [0, 0.1) is 0 Å². The van der Waals surface area contributed by atoms with Crippen molar-refractivity contribution in [2.75, 3.05) is 19.0 Å². The average Bonchev–Trinajstić information content (AvgIpc) is 2.46. The second-order valence-electron chi connectivity index (χ2n) is 4.62. The van der Waals surface area contributed by atoms with E-state index < -0.39 is 6.10 Å². The van der Waals surface area contributed by atoms with Gasteiger partial charge in [0.25, 0.3) is 0 Å². The predicted molar refractivity (Wildman–Crippen MR) is 76.5 cm³/mol. The maximum atomic E-state index is 12.1. The van der Waals surface area contributed by atoms with Crippen molar-refractivity contribution in [3.8, 4) is 0 Å². The third-order valence-electron chi connectivity index (χ3n) is 3.03. The highest BCUT2D eigenvalue weighted by Gasteiger charge is 2.18. The summed E-state index contributed by atoms with van der Waals surface area (Å²) in [4.78, 5) is 14.1. The summed E-state index contributed by atoms with van der Waals surface area (Å²) < 4.78 is 0. The summed E-state index contributed by atoms with van der Waals surface area (Å²) in [5.41, 5.74) is 2.16. The van der Waals surface area contributed by atoms with E-state index >= 15 is 0 Å². The minimum atomic E-state index is -1.11. The van der Waals surface area contributed by atoms with Crippen LogP contribution in [-0.4, -0.2) is 25.0 Å². The van der Waals surface area contributed by atoms with Crippen molar-refractivity contribution in [2.24, 2.45) is 0 Å². The third kappa shape index (κ3) is 3.01. The fourth-order valence-corrected chi connectivity index (χ4v) is 1.87. The van der Waals surface area contributed by atoms with E-state index in [-0.39, 0.29) is 5.78 Å². The van der Waals surface area contributed by atoms with Crippen LogP contribution in [0.1, 0.15) is 22.0 Å². The van der Waals surface area contributed by atoms with Crippen LogP contribution in [0.25, 0.3) is 0 Å². The quantitative estimate of drug-likeness (QED) is 0.854. The first-order valence-electron chi connectivity index (χ1n) is 6.14. The number of benzene rings is 2. The Morgan fingerprint density at radius 3 is 2.11 bits per heavy atom. The molecule has 1 N–H and O–H groups in total. The normalized spacial score (nSPS) is 11.9. The highest BCUT2D eigenvalue weighted by molar-refractivity contribution is 5.99. The van der Waals surface area contributed by atoms with E-state index in [1.165, 1.54) is 0 Å². The average molecular weight is 255 g/mol. The van der Waals surface area contributed by atoms with Gasteiger partial charge in [-0.1, -0.05) is 42.5 Å². The lowest BCUT2D eigenvalue weighted by Crippen LogP contribution is -2.13. The van der Waals surface area contributed by atoms with Crippen LogP contribution in [0.3, 0.4) is 0 Å². The molecule has 19 heavy (non-hydrogen) atoms. The van der Waals surface area contributed by atoms with Gasteiger partial charge in [0.1, 0.15) is 6.10 Å². The monoisotopic (exact) mass is 255 g/mol. The Morgan fingerprint density at radius 1 is 1.00 bits per heavy atom. The maximum absolute atomic E-state index is 12.1. The number of carbonyl (C=O) groups excluding carboxylic acids is 1. The number of anilines is 1. The van der Waals surface area contributed by atoms with Crippen molar-refractivity contribution in [1.29, 1.82) is 0 Å². The summed E-state index contributed by atoms with van der Waals surface area (Å²) in [5.74, 6) is -0.279. The Labute approximate surface area is 113 Å². The van der Waals surface area contributed by atoms with Crippen molar-refractivity contribution in [3.05, 3.63) is 65.7 Å². The second-order valence-corrected chi connectivity index (χ2v) is 4.62. The number of carbonyl (C=O) groups is 1. The van der Waals surface area contributed by atoms with E-state index in [0.717, 1.165) is 5.69 Å². The molecule has 0 aliphatic rings. The number of aliphatic hydroxyl groups excluding tert-OH is 1. The van der Waals surface area contributed by atoms with Crippen molar-refractivity contribution in [1.82, 2.24) is 0 Å². The molecule has 0 amide bonds. The smallest absolute Gasteiger partial charge is 0.195 e. The van der Waals surface area contributed by atoms with Crippen LogP contribution in [0.15, 0.2) is 54.6 Å². The van der Waals surface area contributed by atoms with Gasteiger partial charge >= 0.3 is 0 Å². The fraction of sp³-hybridized carbons (Fsp3) is 0.188. The summed E-state index contributed by atoms with van der Waals surface area (Å²) in [6.07, 6.45) is -1.11. The van der Waals surface area contributed by atoms with E-state index in [2.05, 4.69) is 0 Å². The van der Waals surface area contributed by atoms with Gasteiger partial charge in [-0.3, -0.25) is 4.79 Å². The lowest BCUT2D eigenvalue weighted by Gasteiger charge is -2.14. The highest BCUT2D eigenvalue weighted by atomic mass is 16.3. The highest BCUT2D eigenvalue weighted by Crippen LogP contribution is 2.21. The first-order chi connectivity index (χ1) is 9.09. The van der Waals surface area contributed by atoms with E-state index in [0.29, 0.717) is 11.1 Å². The maximum Gasteiger partial charge on any atom is 0.195 e. The van der Waals surface area contributed by atoms with E-state index in [9.17, 15) is 9.90 Å². The zero-order chi connectivity index (χ0) is 13.8. The molecule has 3 heteroatoms. The Morgan fingerprint density at radius 2 is 1.58 bits per heavy atom. The third-order valence-corrected chi connectivity index (χ3v) is 3.03. The van der Waals surface area contributed by atoms with Crippen LogP contribution < -0.4 is 4.90 Å². The van der Waals surface area contributed by atoms with Crippen molar-refractivity contribution in [2.45, 2.75) is 6.10 Å². The zero-order valence-corrected chi connectivity index (χ0v) is 11.1. The summed E-state index contributed by atoms with van der Waals surface area (Å²) in [7, 11) is 3.89. The summed E-state index contributed by atoms with van der Waals surface area (Å²) in [6.45, 7) is 0. The molecule has 0 aliphatic heterocycles. The number of hydrogen-bond acceptors (Lipinski definition) is 3. The summed E-state index contributed by atoms with van der Waals surface area (Å²) in [5, 5.41) is 10.1. The van der Waals surface area contributed by atoms with Gasteiger partial charge in [0.2, 0.25) is 0 Å². The zero-order valence-electron chi connectivity index (χ0n) is 11.1. The molecule has 2 rings (SSSR count). The van der Waals surface area contributed by atoms with Gasteiger partial charge in [-0.2, -0.15) is 0 Å². The molecule has 3 nitrogen and oxygen atoms in total. The lowest BCUT2D eigenvalue weighted by atomic mass is 10.00. The van der Waals surface area contributed by atoms with Crippen LogP contribution in [0.2, 0.25) is 0 Å². The van der Waals surface area contributed by atoms with Crippen LogP contribution >= 0.6 is 0 Å². The van der Waals surface area contributed by atoms with E-state index in [4.69, 9.17) is 0 Å². The number of hydrogen-bond donors (Lipinski definition) is 1. The molecule has 0 saturated heterocycles. The molecule has 0 bridgehead atoms. The van der Waals surface area contributed by atoms with Gasteiger partial charge < -0.3 is 10.0 Å². The van der Waals surface area contributed by atoms with Crippen molar-refractivity contribution in [3.63, 3.8) is 0 Å². The van der Waals surface area contributed by atoms with Gasteiger partial charge in [-0.25, -0.2) is 0 Å². The fourth-order valence-electron chi connectivity index (χ4n) is 1.87. The Bertz CT molecular complexity index is 547. The Kier molecular flexibility index (Phi) is 3.97. The first-order valence-corrected chi connectivity index (χ1v) is 6.14. The van der Waals surface area contributed by atoms with Gasteiger partial charge in [0.15, 0.2) is 5.78 Å². The van der Waals surface area contributed by atoms with E-state index in [1.807, 2.05) is 37.2 Å². The second kappa shape index (κ2) is 5.67. The predicted octanol–water partition coefficient (Wildman–Crippen LogP) is 2.67. The number of rotatable bonds is 4. The number of Topliss-reactive ketones (excluding diaryl/α,β-unsaturated/α-hetero) is 1. The minimum Gasteiger partial charge on any atom is -0.380 e. The van der Waals surface area contributed by atoms with Gasteiger partial charge in [0, 0.05) is 25.3 Å². The molecule has 1 atom stereocenters. The molecule has 2 aromatic rings. The molecule has 2 aromatic carbocycles. The topological polar surface area (TPSA) is 40.5 Å². The molecule has 0 fully saturated rings. The number of nitrogens with zero attached hydrogens (tertiary/aromatic N) is 1.